The number of aromatic carboxylic acids is 1. The molecule has 0 fully saturated rings. The van der Waals surface area contributed by atoms with Crippen LogP contribution >= 0.6 is 28.3 Å². The van der Waals surface area contributed by atoms with Gasteiger partial charge in [-0.25, -0.2) is 9.18 Å². The molecule has 0 saturated carbocycles. The Bertz CT molecular complexity index is 346. The average Bonchev–Trinajstić information content (AvgIpc) is 1.96. The Morgan fingerprint density at radius 2 is 2.08 bits per heavy atom. The smallest absolute Gasteiger partial charge is 0.337 e. The summed E-state index contributed by atoms with van der Waals surface area (Å²) in [6.07, 6.45) is 0. The maximum atomic E-state index is 12.8. The number of hydrogen-bond donors (Lipinski definition) is 2. The quantitative estimate of drug-likeness (QED) is 0.770. The zero-order chi connectivity index (χ0) is 9.30. The lowest BCUT2D eigenvalue weighted by Gasteiger charge is -2.01. The van der Waals surface area contributed by atoms with Gasteiger partial charge in [-0.15, -0.1) is 12.4 Å². The van der Waals surface area contributed by atoms with Crippen LogP contribution in [0.4, 0.5) is 10.1 Å². The van der Waals surface area contributed by atoms with Crippen molar-refractivity contribution in [3.8, 4) is 0 Å². The molecule has 0 atom stereocenters. The maximum Gasteiger partial charge on any atom is 0.337 e. The molecule has 0 unspecified atom stereocenters. The summed E-state index contributed by atoms with van der Waals surface area (Å²) in [6.45, 7) is 0. The molecule has 1 rings (SSSR count). The monoisotopic (exact) mass is 269 g/mol. The second-order valence-corrected chi connectivity index (χ2v) is 3.01. The first kappa shape index (κ1) is 12.2. The van der Waals surface area contributed by atoms with E-state index in [4.69, 9.17) is 10.8 Å². The topological polar surface area (TPSA) is 63.3 Å². The minimum atomic E-state index is -1.24. The van der Waals surface area contributed by atoms with Crippen molar-refractivity contribution in [3.05, 3.63) is 28.0 Å². The van der Waals surface area contributed by atoms with Crippen molar-refractivity contribution >= 4 is 40.0 Å². The van der Waals surface area contributed by atoms with E-state index in [0.29, 0.717) is 0 Å². The summed E-state index contributed by atoms with van der Waals surface area (Å²) < 4.78 is 12.9. The first-order chi connectivity index (χ1) is 5.52. The van der Waals surface area contributed by atoms with Crippen molar-refractivity contribution in [2.24, 2.45) is 0 Å². The van der Waals surface area contributed by atoms with Crippen LogP contribution < -0.4 is 5.73 Å². The molecule has 0 aliphatic heterocycles. The molecule has 0 aliphatic rings. The third-order valence-corrected chi connectivity index (χ3v) is 1.93. The number of nitrogen functional groups attached to an aromatic ring is 1. The second-order valence-electron chi connectivity index (χ2n) is 2.16. The number of anilines is 1. The predicted octanol–water partition coefficient (Wildman–Crippen LogP) is 2.29. The zero-order valence-corrected chi connectivity index (χ0v) is 8.65. The first-order valence-corrected chi connectivity index (χ1v) is 3.79. The molecule has 0 heterocycles. The SMILES string of the molecule is Cl.Nc1cc(Br)c(F)cc1C(=O)O. The number of hydrogen-bond acceptors (Lipinski definition) is 2. The molecule has 0 amide bonds. The fourth-order valence-corrected chi connectivity index (χ4v) is 1.11. The Kier molecular flexibility index (Phi) is 4.16. The van der Waals surface area contributed by atoms with Crippen LogP contribution in [0.3, 0.4) is 0 Å². The second kappa shape index (κ2) is 4.43. The minimum Gasteiger partial charge on any atom is -0.478 e. The summed E-state index contributed by atoms with van der Waals surface area (Å²) in [4.78, 5) is 10.4. The van der Waals surface area contributed by atoms with E-state index in [1.807, 2.05) is 0 Å². The molecule has 0 aromatic heterocycles. The lowest BCUT2D eigenvalue weighted by Crippen LogP contribution is -2.03. The molecule has 0 spiro atoms. The molecule has 6 heteroatoms. The molecule has 0 bridgehead atoms. The molecule has 0 radical (unpaired) electrons. The van der Waals surface area contributed by atoms with E-state index in [1.165, 1.54) is 6.07 Å². The number of halogens is 3. The molecular formula is C7H6BrClFNO2. The van der Waals surface area contributed by atoms with Crippen LogP contribution in [0, 0.1) is 5.82 Å². The zero-order valence-electron chi connectivity index (χ0n) is 6.25. The van der Waals surface area contributed by atoms with Crippen molar-refractivity contribution in [3.63, 3.8) is 0 Å². The summed E-state index contributed by atoms with van der Waals surface area (Å²) in [5.74, 6) is -1.87. The van der Waals surface area contributed by atoms with Gasteiger partial charge in [-0.05, 0) is 28.1 Å². The molecule has 0 aliphatic carbocycles. The first-order valence-electron chi connectivity index (χ1n) is 3.00. The van der Waals surface area contributed by atoms with Gasteiger partial charge in [-0.1, -0.05) is 0 Å². The standard InChI is InChI=1S/C7H5BrFNO2.ClH/c8-4-2-6(10)3(7(11)12)1-5(4)9;/h1-2H,10H2,(H,11,12);1H. The van der Waals surface area contributed by atoms with Gasteiger partial charge in [0.15, 0.2) is 0 Å². The van der Waals surface area contributed by atoms with Gasteiger partial charge in [0.05, 0.1) is 10.0 Å². The molecule has 0 saturated heterocycles. The third-order valence-electron chi connectivity index (χ3n) is 1.32. The van der Waals surface area contributed by atoms with Crippen LogP contribution in [0.1, 0.15) is 10.4 Å². The van der Waals surface area contributed by atoms with E-state index in [0.717, 1.165) is 6.07 Å². The van der Waals surface area contributed by atoms with Gasteiger partial charge in [0.1, 0.15) is 5.82 Å². The Labute approximate surface area is 88.3 Å². The minimum absolute atomic E-state index is 0. The van der Waals surface area contributed by atoms with E-state index in [9.17, 15) is 9.18 Å². The molecule has 1 aromatic rings. The van der Waals surface area contributed by atoms with Gasteiger partial charge in [-0.3, -0.25) is 0 Å². The summed E-state index contributed by atoms with van der Waals surface area (Å²) in [6, 6.07) is 2.10. The molecule has 3 nitrogen and oxygen atoms in total. The fourth-order valence-electron chi connectivity index (χ4n) is 0.747. The van der Waals surface area contributed by atoms with Crippen LogP contribution in [0.25, 0.3) is 0 Å². The summed E-state index contributed by atoms with van der Waals surface area (Å²) in [5, 5.41) is 8.52. The normalized spacial score (nSPS) is 9.08. The van der Waals surface area contributed by atoms with Gasteiger partial charge >= 0.3 is 5.97 Å². The van der Waals surface area contributed by atoms with E-state index in [2.05, 4.69) is 15.9 Å². The van der Waals surface area contributed by atoms with Crippen molar-refractivity contribution in [1.29, 1.82) is 0 Å². The maximum absolute atomic E-state index is 12.8. The van der Waals surface area contributed by atoms with Gasteiger partial charge < -0.3 is 10.8 Å². The molecule has 13 heavy (non-hydrogen) atoms. The average molecular weight is 270 g/mol. The highest BCUT2D eigenvalue weighted by molar-refractivity contribution is 9.10. The van der Waals surface area contributed by atoms with Gasteiger partial charge in [0, 0.05) is 5.69 Å². The van der Waals surface area contributed by atoms with Gasteiger partial charge in [0.25, 0.3) is 0 Å². The number of carboxylic acid groups (broad SMARTS) is 1. The van der Waals surface area contributed by atoms with E-state index >= 15 is 0 Å². The summed E-state index contributed by atoms with van der Waals surface area (Å²) >= 11 is 2.88. The van der Waals surface area contributed by atoms with Crippen LogP contribution in [0.5, 0.6) is 0 Å². The number of carbonyl (C=O) groups is 1. The van der Waals surface area contributed by atoms with E-state index in [-0.39, 0.29) is 28.1 Å². The molecule has 3 N–H and O–H groups in total. The van der Waals surface area contributed by atoms with E-state index < -0.39 is 11.8 Å². The highest BCUT2D eigenvalue weighted by atomic mass is 79.9. The lowest BCUT2D eigenvalue weighted by atomic mass is 10.2. The Balaban J connectivity index is 0.00000144. The lowest BCUT2D eigenvalue weighted by molar-refractivity contribution is 0.0697. The van der Waals surface area contributed by atoms with Crippen LogP contribution in [0.15, 0.2) is 16.6 Å². The van der Waals surface area contributed by atoms with Crippen LogP contribution in [-0.2, 0) is 0 Å². The van der Waals surface area contributed by atoms with E-state index in [1.54, 1.807) is 0 Å². The van der Waals surface area contributed by atoms with Crippen molar-refractivity contribution < 1.29 is 14.3 Å². The highest BCUT2D eigenvalue weighted by Gasteiger charge is 2.11. The number of rotatable bonds is 1. The predicted molar refractivity (Wildman–Crippen MR) is 52.7 cm³/mol. The fraction of sp³-hybridized carbons (Fsp3) is 0. The largest absolute Gasteiger partial charge is 0.478 e. The van der Waals surface area contributed by atoms with Crippen LogP contribution in [0.2, 0.25) is 0 Å². The molecule has 72 valence electrons. The summed E-state index contributed by atoms with van der Waals surface area (Å²) in [7, 11) is 0. The van der Waals surface area contributed by atoms with Gasteiger partial charge in [-0.2, -0.15) is 0 Å². The Hall–Kier alpha value is -0.810. The molecular weight excluding hydrogens is 264 g/mol. The number of carboxylic acids is 1. The van der Waals surface area contributed by atoms with Gasteiger partial charge in [0.2, 0.25) is 0 Å². The molecule has 1 aromatic carbocycles. The third kappa shape index (κ3) is 2.57. The number of benzene rings is 1. The Morgan fingerprint density at radius 3 is 2.54 bits per heavy atom. The van der Waals surface area contributed by atoms with Crippen molar-refractivity contribution in [1.82, 2.24) is 0 Å². The Morgan fingerprint density at radius 1 is 1.54 bits per heavy atom. The summed E-state index contributed by atoms with van der Waals surface area (Å²) in [5.41, 5.74) is 5.13. The number of nitrogens with two attached hydrogens (primary N) is 1. The highest BCUT2D eigenvalue weighted by Crippen LogP contribution is 2.22. The van der Waals surface area contributed by atoms with Crippen molar-refractivity contribution in [2.75, 3.05) is 5.73 Å². The van der Waals surface area contributed by atoms with Crippen LogP contribution in [-0.4, -0.2) is 11.1 Å². The van der Waals surface area contributed by atoms with Crippen molar-refractivity contribution in [2.45, 2.75) is 0 Å².